The maximum Gasteiger partial charge on any atom is 0.379 e. The molecule has 0 heterocycles. The fraction of sp³-hybridized carbons (Fsp3) is 0.364. The molecule has 0 saturated carbocycles. The summed E-state index contributed by atoms with van der Waals surface area (Å²) in [7, 11) is 0. The van der Waals surface area contributed by atoms with Crippen LogP contribution in [0.5, 0.6) is 5.75 Å². The second-order valence-corrected chi connectivity index (χ2v) is 4.35. The van der Waals surface area contributed by atoms with Crippen LogP contribution in [0.2, 0.25) is 0 Å². The van der Waals surface area contributed by atoms with Gasteiger partial charge in [0, 0.05) is 5.56 Å². The third-order valence-electron chi connectivity index (χ3n) is 2.29. The Balaban J connectivity index is 3.09. The molecule has 18 heavy (non-hydrogen) atoms. The molecule has 0 bridgehead atoms. The lowest BCUT2D eigenvalue weighted by Crippen LogP contribution is -2.41. The first-order valence-electron chi connectivity index (χ1n) is 5.10. The Kier molecular flexibility index (Phi) is 4.64. The lowest BCUT2D eigenvalue weighted by molar-refractivity contribution is -0.174. The van der Waals surface area contributed by atoms with Crippen LogP contribution in [0.25, 0.3) is 0 Å². The van der Waals surface area contributed by atoms with E-state index in [9.17, 15) is 18.7 Å². The normalized spacial score (nSPS) is 13.2. The lowest BCUT2D eigenvalue weighted by atomic mass is 10.0. The monoisotopic (exact) mass is 323 g/mol. The van der Waals surface area contributed by atoms with Crippen LogP contribution in [0.3, 0.4) is 0 Å². The molecule has 4 nitrogen and oxygen atoms in total. The highest BCUT2D eigenvalue weighted by Gasteiger charge is 2.48. The Labute approximate surface area is 111 Å². The molecule has 0 fully saturated rings. The Morgan fingerprint density at radius 3 is 2.78 bits per heavy atom. The third kappa shape index (κ3) is 2.78. The van der Waals surface area contributed by atoms with Crippen molar-refractivity contribution >= 4 is 21.9 Å². The van der Waals surface area contributed by atoms with E-state index in [0.29, 0.717) is 0 Å². The van der Waals surface area contributed by atoms with E-state index in [-0.39, 0.29) is 16.6 Å². The highest BCUT2D eigenvalue weighted by Crippen LogP contribution is 2.38. The van der Waals surface area contributed by atoms with Crippen LogP contribution in [0, 0.1) is 0 Å². The van der Waals surface area contributed by atoms with E-state index >= 15 is 0 Å². The second-order valence-electron chi connectivity index (χ2n) is 3.50. The molecular weight excluding hydrogens is 312 g/mol. The number of phenols is 1. The van der Waals surface area contributed by atoms with Crippen LogP contribution < -0.4 is 5.73 Å². The van der Waals surface area contributed by atoms with Crippen molar-refractivity contribution in [3.05, 3.63) is 28.2 Å². The third-order valence-corrected chi connectivity index (χ3v) is 2.93. The van der Waals surface area contributed by atoms with Gasteiger partial charge in [-0.2, -0.15) is 8.78 Å². The predicted molar refractivity (Wildman–Crippen MR) is 64.3 cm³/mol. The molecule has 1 aromatic carbocycles. The van der Waals surface area contributed by atoms with E-state index < -0.39 is 23.7 Å². The number of ether oxygens (including phenoxy) is 1. The average Bonchev–Trinajstić information content (AvgIpc) is 2.32. The molecule has 0 aliphatic heterocycles. The summed E-state index contributed by atoms with van der Waals surface area (Å²) < 4.78 is 31.8. The first-order chi connectivity index (χ1) is 8.32. The minimum atomic E-state index is -3.91. The maximum absolute atomic E-state index is 13.7. The summed E-state index contributed by atoms with van der Waals surface area (Å²) in [5.74, 6) is -6.04. The number of phenolic OH excluding ortho intramolecular Hbond substituents is 1. The Hall–Kier alpha value is -1.21. The number of hydrogen-bond donors (Lipinski definition) is 2. The summed E-state index contributed by atoms with van der Waals surface area (Å²) in [6.45, 7) is 1.24. The van der Waals surface area contributed by atoms with Crippen LogP contribution in [0.1, 0.15) is 18.5 Å². The van der Waals surface area contributed by atoms with Gasteiger partial charge in [0.2, 0.25) is 0 Å². The summed E-state index contributed by atoms with van der Waals surface area (Å²) in [6, 6.07) is 2.14. The molecule has 0 aliphatic carbocycles. The molecule has 0 saturated heterocycles. The number of para-hydroxylation sites is 1. The molecule has 7 heteroatoms. The van der Waals surface area contributed by atoms with E-state index in [1.54, 1.807) is 0 Å². The Bertz CT molecular complexity index is 454. The van der Waals surface area contributed by atoms with Crippen LogP contribution >= 0.6 is 15.9 Å². The van der Waals surface area contributed by atoms with Crippen molar-refractivity contribution in [1.82, 2.24) is 0 Å². The van der Waals surface area contributed by atoms with Crippen molar-refractivity contribution in [1.29, 1.82) is 0 Å². The van der Waals surface area contributed by atoms with Gasteiger partial charge in [0.15, 0.2) is 0 Å². The lowest BCUT2D eigenvalue weighted by Gasteiger charge is -2.22. The minimum absolute atomic E-state index is 0.175. The summed E-state index contributed by atoms with van der Waals surface area (Å²) in [5.41, 5.74) is 5.11. The number of hydrogen-bond acceptors (Lipinski definition) is 4. The molecule has 3 N–H and O–H groups in total. The topological polar surface area (TPSA) is 72.5 Å². The minimum Gasteiger partial charge on any atom is -0.506 e. The number of aromatic hydroxyl groups is 1. The van der Waals surface area contributed by atoms with Gasteiger partial charge in [-0.15, -0.1) is 0 Å². The number of benzene rings is 1. The maximum atomic E-state index is 13.7. The van der Waals surface area contributed by atoms with Crippen molar-refractivity contribution in [2.24, 2.45) is 5.73 Å². The van der Waals surface area contributed by atoms with Crippen LogP contribution in [-0.2, 0) is 9.53 Å². The largest absolute Gasteiger partial charge is 0.506 e. The average molecular weight is 324 g/mol. The fourth-order valence-corrected chi connectivity index (χ4v) is 1.71. The van der Waals surface area contributed by atoms with Crippen molar-refractivity contribution in [2.45, 2.75) is 18.9 Å². The molecular formula is C11H12BrF2NO3. The van der Waals surface area contributed by atoms with E-state index in [1.807, 2.05) is 0 Å². The van der Waals surface area contributed by atoms with Crippen LogP contribution in [-0.4, -0.2) is 23.6 Å². The highest BCUT2D eigenvalue weighted by molar-refractivity contribution is 9.10. The number of halogens is 3. The smallest absolute Gasteiger partial charge is 0.379 e. The van der Waals surface area contributed by atoms with Crippen molar-refractivity contribution < 1.29 is 23.4 Å². The molecule has 0 aromatic heterocycles. The molecule has 0 spiro atoms. The molecule has 0 amide bonds. The number of carbonyl (C=O) groups excluding carboxylic acids is 1. The Morgan fingerprint density at radius 1 is 1.61 bits per heavy atom. The zero-order valence-corrected chi connectivity index (χ0v) is 11.1. The molecule has 1 aromatic rings. The van der Waals surface area contributed by atoms with Gasteiger partial charge in [0.1, 0.15) is 11.8 Å². The van der Waals surface area contributed by atoms with Gasteiger partial charge < -0.3 is 15.6 Å². The molecule has 0 radical (unpaired) electrons. The fourth-order valence-electron chi connectivity index (χ4n) is 1.33. The number of carbonyl (C=O) groups is 1. The first-order valence-corrected chi connectivity index (χ1v) is 5.89. The SMILES string of the molecule is CCOC(=O)C(F)(F)[C@H](N)c1cccc(Br)c1O. The van der Waals surface area contributed by atoms with Crippen LogP contribution in [0.15, 0.2) is 22.7 Å². The summed E-state index contributed by atoms with van der Waals surface area (Å²) >= 11 is 2.98. The van der Waals surface area contributed by atoms with Gasteiger partial charge in [-0.05, 0) is 28.9 Å². The second kappa shape index (κ2) is 5.62. The zero-order valence-electron chi connectivity index (χ0n) is 9.49. The molecule has 0 unspecified atom stereocenters. The first kappa shape index (κ1) is 14.8. The number of rotatable bonds is 4. The Morgan fingerprint density at radius 2 is 2.22 bits per heavy atom. The van der Waals surface area contributed by atoms with E-state index in [1.165, 1.54) is 25.1 Å². The summed E-state index contributed by atoms with van der Waals surface area (Å²) in [6.07, 6.45) is 0. The molecule has 0 aliphatic rings. The van der Waals surface area contributed by atoms with Crippen molar-refractivity contribution in [3.63, 3.8) is 0 Å². The number of nitrogens with two attached hydrogens (primary N) is 1. The number of esters is 1. The van der Waals surface area contributed by atoms with Gasteiger partial charge in [0.25, 0.3) is 0 Å². The predicted octanol–water partition coefficient (Wildman–Crippen LogP) is 2.35. The van der Waals surface area contributed by atoms with E-state index in [2.05, 4.69) is 20.7 Å². The van der Waals surface area contributed by atoms with E-state index in [4.69, 9.17) is 5.73 Å². The van der Waals surface area contributed by atoms with Gasteiger partial charge in [-0.25, -0.2) is 4.79 Å². The van der Waals surface area contributed by atoms with Gasteiger partial charge in [0.05, 0.1) is 11.1 Å². The summed E-state index contributed by atoms with van der Waals surface area (Å²) in [5, 5.41) is 9.63. The quantitative estimate of drug-likeness (QED) is 0.834. The zero-order chi connectivity index (χ0) is 13.9. The van der Waals surface area contributed by atoms with Crippen LogP contribution in [0.4, 0.5) is 8.78 Å². The standard InChI is InChI=1S/C11H12BrF2NO3/c1-2-18-10(17)11(13,14)9(15)6-4-3-5-7(12)8(6)16/h3-5,9,16H,2,15H2,1H3/t9-/m1/s1. The van der Waals surface area contributed by atoms with Crippen molar-refractivity contribution in [2.75, 3.05) is 6.61 Å². The molecule has 1 rings (SSSR count). The van der Waals surface area contributed by atoms with Gasteiger partial charge in [-0.3, -0.25) is 0 Å². The van der Waals surface area contributed by atoms with Gasteiger partial charge in [-0.1, -0.05) is 12.1 Å². The van der Waals surface area contributed by atoms with Gasteiger partial charge >= 0.3 is 11.9 Å². The highest BCUT2D eigenvalue weighted by atomic mass is 79.9. The molecule has 1 atom stereocenters. The molecule has 100 valence electrons. The van der Waals surface area contributed by atoms with E-state index in [0.717, 1.165) is 0 Å². The number of alkyl halides is 2. The summed E-state index contributed by atoms with van der Waals surface area (Å²) in [4.78, 5) is 11.1. The van der Waals surface area contributed by atoms with Crippen molar-refractivity contribution in [3.8, 4) is 5.75 Å².